The molecule has 1 aromatic carbocycles. The molecule has 2 aliphatic rings. The Morgan fingerprint density at radius 2 is 1.90 bits per heavy atom. The number of piperazine rings is 1. The van der Waals surface area contributed by atoms with Crippen molar-refractivity contribution in [1.29, 1.82) is 0 Å². The van der Waals surface area contributed by atoms with Gasteiger partial charge in [0.15, 0.2) is 5.82 Å². The molecule has 2 aromatic rings. The van der Waals surface area contributed by atoms with Crippen LogP contribution in [-0.4, -0.2) is 74.2 Å². The van der Waals surface area contributed by atoms with E-state index < -0.39 is 0 Å². The van der Waals surface area contributed by atoms with Crippen molar-refractivity contribution < 1.29 is 14.3 Å². The van der Waals surface area contributed by atoms with Crippen LogP contribution >= 0.6 is 11.8 Å². The Labute approximate surface area is 187 Å². The molecule has 166 valence electrons. The molecule has 0 aliphatic carbocycles. The highest BCUT2D eigenvalue weighted by Gasteiger charge is 2.22. The quantitative estimate of drug-likeness (QED) is 0.622. The minimum Gasteiger partial charge on any atom is -0.497 e. The van der Waals surface area contributed by atoms with Crippen LogP contribution in [0.4, 0.5) is 11.5 Å². The fourth-order valence-corrected chi connectivity index (χ4v) is 4.64. The molecule has 1 aromatic heterocycles. The molecule has 4 rings (SSSR count). The molecule has 31 heavy (non-hydrogen) atoms. The third-order valence-corrected chi connectivity index (χ3v) is 6.52. The van der Waals surface area contributed by atoms with E-state index in [0.29, 0.717) is 12.3 Å². The number of rotatable bonds is 8. The van der Waals surface area contributed by atoms with Gasteiger partial charge < -0.3 is 24.6 Å². The van der Waals surface area contributed by atoms with Crippen LogP contribution in [-0.2, 0) is 9.53 Å². The first-order valence-electron chi connectivity index (χ1n) is 10.7. The number of methoxy groups -OCH3 is 1. The second-order valence-corrected chi connectivity index (χ2v) is 8.55. The number of benzene rings is 1. The van der Waals surface area contributed by atoms with Crippen LogP contribution in [0.3, 0.4) is 0 Å². The molecular weight excluding hydrogens is 414 g/mol. The summed E-state index contributed by atoms with van der Waals surface area (Å²) in [5.74, 6) is 2.04. The van der Waals surface area contributed by atoms with E-state index in [1.807, 2.05) is 12.1 Å². The van der Waals surface area contributed by atoms with E-state index >= 15 is 0 Å². The Morgan fingerprint density at radius 3 is 2.61 bits per heavy atom. The second kappa shape index (κ2) is 10.7. The summed E-state index contributed by atoms with van der Waals surface area (Å²) in [6.45, 7) is 4.88. The second-order valence-electron chi connectivity index (χ2n) is 7.59. The zero-order valence-electron chi connectivity index (χ0n) is 17.8. The van der Waals surface area contributed by atoms with Crippen LogP contribution in [0.15, 0.2) is 41.7 Å². The summed E-state index contributed by atoms with van der Waals surface area (Å²) in [7, 11) is 1.68. The number of hydrogen-bond donors (Lipinski definition) is 1. The lowest BCUT2D eigenvalue weighted by Crippen LogP contribution is -2.47. The highest BCUT2D eigenvalue weighted by Crippen LogP contribution is 2.28. The highest BCUT2D eigenvalue weighted by molar-refractivity contribution is 8.00. The van der Waals surface area contributed by atoms with Gasteiger partial charge in [-0.15, -0.1) is 0 Å². The smallest absolute Gasteiger partial charge is 0.230 e. The number of nitrogens with zero attached hydrogens (tertiary/aromatic N) is 4. The molecule has 8 nitrogen and oxygen atoms in total. The van der Waals surface area contributed by atoms with E-state index in [1.165, 1.54) is 17.4 Å². The summed E-state index contributed by atoms with van der Waals surface area (Å²) < 4.78 is 10.8. The third-order valence-electron chi connectivity index (χ3n) is 5.55. The standard InChI is InChI=1S/C22H29N5O3S/c1-29-18-6-4-17(5-7-18)26-10-12-27(13-11-26)21-22(24-9-8-23-21)31-16-20(28)25-15-19-3-2-14-30-19/h4-9,19H,2-3,10-16H2,1H3,(H,25,28)/t19-/m0/s1. The summed E-state index contributed by atoms with van der Waals surface area (Å²) in [6.07, 6.45) is 5.65. The lowest BCUT2D eigenvalue weighted by atomic mass is 10.2. The molecule has 0 saturated carbocycles. The van der Waals surface area contributed by atoms with E-state index in [9.17, 15) is 4.79 Å². The molecule has 0 unspecified atom stereocenters. The Kier molecular flexibility index (Phi) is 7.48. The summed E-state index contributed by atoms with van der Waals surface area (Å²) in [4.78, 5) is 25.9. The molecule has 2 fully saturated rings. The van der Waals surface area contributed by atoms with Gasteiger partial charge in [0.25, 0.3) is 0 Å². The fourth-order valence-electron chi connectivity index (χ4n) is 3.82. The highest BCUT2D eigenvalue weighted by atomic mass is 32.2. The molecule has 1 amide bonds. The summed E-state index contributed by atoms with van der Waals surface area (Å²) in [5.41, 5.74) is 1.19. The Bertz CT molecular complexity index is 852. The minimum absolute atomic E-state index is 0.00132. The summed E-state index contributed by atoms with van der Waals surface area (Å²) in [6, 6.07) is 8.16. The molecule has 9 heteroatoms. The van der Waals surface area contributed by atoms with Crippen LogP contribution in [0.25, 0.3) is 0 Å². The predicted octanol–water partition coefficient (Wildman–Crippen LogP) is 2.20. The Balaban J connectivity index is 1.29. The van der Waals surface area contributed by atoms with E-state index in [0.717, 1.165) is 62.2 Å². The average molecular weight is 444 g/mol. The van der Waals surface area contributed by atoms with Gasteiger partial charge in [0.2, 0.25) is 5.91 Å². The van der Waals surface area contributed by atoms with Crippen molar-refractivity contribution in [2.75, 3.05) is 62.0 Å². The first kappa shape index (κ1) is 21.7. The Morgan fingerprint density at radius 1 is 1.16 bits per heavy atom. The van der Waals surface area contributed by atoms with Crippen LogP contribution in [0.1, 0.15) is 12.8 Å². The molecule has 2 saturated heterocycles. The predicted molar refractivity (Wildman–Crippen MR) is 122 cm³/mol. The van der Waals surface area contributed by atoms with Gasteiger partial charge in [0.05, 0.1) is 19.0 Å². The molecule has 1 N–H and O–H groups in total. The number of amides is 1. The van der Waals surface area contributed by atoms with Gasteiger partial charge in [-0.2, -0.15) is 0 Å². The Hall–Kier alpha value is -2.52. The first-order valence-corrected chi connectivity index (χ1v) is 11.7. The average Bonchev–Trinajstić information content (AvgIpc) is 3.36. The number of aromatic nitrogens is 2. The zero-order chi connectivity index (χ0) is 21.5. The third kappa shape index (κ3) is 5.80. The maximum absolute atomic E-state index is 12.2. The fraction of sp³-hybridized carbons (Fsp3) is 0.500. The van der Waals surface area contributed by atoms with E-state index in [4.69, 9.17) is 9.47 Å². The zero-order valence-corrected chi connectivity index (χ0v) is 18.6. The maximum Gasteiger partial charge on any atom is 0.230 e. The molecule has 0 radical (unpaired) electrons. The van der Waals surface area contributed by atoms with Crippen LogP contribution in [0, 0.1) is 0 Å². The van der Waals surface area contributed by atoms with Gasteiger partial charge >= 0.3 is 0 Å². The lowest BCUT2D eigenvalue weighted by Gasteiger charge is -2.37. The molecule has 3 heterocycles. The number of nitrogens with one attached hydrogen (secondary N) is 1. The monoisotopic (exact) mass is 443 g/mol. The van der Waals surface area contributed by atoms with Gasteiger partial charge in [-0.25, -0.2) is 9.97 Å². The van der Waals surface area contributed by atoms with Crippen molar-refractivity contribution in [3.05, 3.63) is 36.7 Å². The molecule has 1 atom stereocenters. The van der Waals surface area contributed by atoms with Gasteiger partial charge in [-0.3, -0.25) is 4.79 Å². The number of carbonyl (C=O) groups excluding carboxylic acids is 1. The number of thioether (sulfide) groups is 1. The van der Waals surface area contributed by atoms with Crippen molar-refractivity contribution >= 4 is 29.2 Å². The normalized spacial score (nSPS) is 18.8. The van der Waals surface area contributed by atoms with Crippen LogP contribution in [0.2, 0.25) is 0 Å². The maximum atomic E-state index is 12.2. The van der Waals surface area contributed by atoms with Gasteiger partial charge in [0, 0.05) is 57.4 Å². The van der Waals surface area contributed by atoms with E-state index in [2.05, 4.69) is 37.2 Å². The molecular formula is C22H29N5O3S. The molecule has 2 aliphatic heterocycles. The van der Waals surface area contributed by atoms with E-state index in [1.54, 1.807) is 19.5 Å². The molecule has 0 bridgehead atoms. The number of ether oxygens (including phenoxy) is 2. The number of anilines is 2. The van der Waals surface area contributed by atoms with Crippen molar-refractivity contribution in [2.24, 2.45) is 0 Å². The lowest BCUT2D eigenvalue weighted by molar-refractivity contribution is -0.119. The van der Waals surface area contributed by atoms with Crippen molar-refractivity contribution in [1.82, 2.24) is 15.3 Å². The largest absolute Gasteiger partial charge is 0.497 e. The van der Waals surface area contributed by atoms with Gasteiger partial charge in [0.1, 0.15) is 10.8 Å². The van der Waals surface area contributed by atoms with Crippen LogP contribution in [0.5, 0.6) is 5.75 Å². The van der Waals surface area contributed by atoms with Gasteiger partial charge in [-0.05, 0) is 37.1 Å². The van der Waals surface area contributed by atoms with Crippen molar-refractivity contribution in [2.45, 2.75) is 24.0 Å². The number of hydrogen-bond acceptors (Lipinski definition) is 8. The van der Waals surface area contributed by atoms with Gasteiger partial charge in [-0.1, -0.05) is 11.8 Å². The summed E-state index contributed by atoms with van der Waals surface area (Å²) >= 11 is 1.44. The minimum atomic E-state index is 0.00132. The van der Waals surface area contributed by atoms with Crippen molar-refractivity contribution in [3.8, 4) is 5.75 Å². The van der Waals surface area contributed by atoms with Crippen molar-refractivity contribution in [3.63, 3.8) is 0 Å². The SMILES string of the molecule is COc1ccc(N2CCN(c3nccnc3SCC(=O)NC[C@@H]3CCCO3)CC2)cc1. The molecule has 0 spiro atoms. The van der Waals surface area contributed by atoms with E-state index in [-0.39, 0.29) is 12.0 Å². The number of carbonyl (C=O) groups is 1. The van der Waals surface area contributed by atoms with Crippen LogP contribution < -0.4 is 19.9 Å². The summed E-state index contributed by atoms with van der Waals surface area (Å²) in [5, 5.41) is 3.76. The first-order chi connectivity index (χ1) is 15.2. The topological polar surface area (TPSA) is 79.8 Å².